The summed E-state index contributed by atoms with van der Waals surface area (Å²) in [5, 5.41) is 1.40. The highest BCUT2D eigenvalue weighted by Gasteiger charge is 2.09. The van der Waals surface area contributed by atoms with Crippen molar-refractivity contribution in [2.45, 2.75) is 0 Å². The van der Waals surface area contributed by atoms with E-state index in [1.807, 2.05) is 72.8 Å². The van der Waals surface area contributed by atoms with Crippen molar-refractivity contribution in [3.05, 3.63) is 142 Å². The van der Waals surface area contributed by atoms with E-state index in [0.29, 0.717) is 10.0 Å². The van der Waals surface area contributed by atoms with Gasteiger partial charge in [0.1, 0.15) is 11.5 Å². The van der Waals surface area contributed by atoms with E-state index in [0.717, 1.165) is 44.9 Å². The molecular formula is C30H24Cl2O2. The molecule has 0 N–H and O–H groups in total. The van der Waals surface area contributed by atoms with E-state index in [9.17, 15) is 0 Å². The Morgan fingerprint density at radius 2 is 0.735 bits per heavy atom. The van der Waals surface area contributed by atoms with Gasteiger partial charge in [-0.1, -0.05) is 83.9 Å². The summed E-state index contributed by atoms with van der Waals surface area (Å²) in [7, 11) is 3.34. The summed E-state index contributed by atoms with van der Waals surface area (Å²) in [5.41, 5.74) is 6.42. The maximum atomic E-state index is 6.15. The van der Waals surface area contributed by atoms with Gasteiger partial charge < -0.3 is 9.47 Å². The second kappa shape index (κ2) is 11.1. The van der Waals surface area contributed by atoms with E-state index >= 15 is 0 Å². The molecule has 0 spiro atoms. The van der Waals surface area contributed by atoms with Gasteiger partial charge >= 0.3 is 0 Å². The molecule has 4 heteroatoms. The van der Waals surface area contributed by atoms with Crippen LogP contribution in [0.25, 0.3) is 11.1 Å². The van der Waals surface area contributed by atoms with Crippen molar-refractivity contribution in [2.75, 3.05) is 14.2 Å². The first-order chi connectivity index (χ1) is 16.6. The van der Waals surface area contributed by atoms with Gasteiger partial charge in [-0.3, -0.25) is 0 Å². The van der Waals surface area contributed by atoms with Crippen LogP contribution in [-0.2, 0) is 0 Å². The summed E-state index contributed by atoms with van der Waals surface area (Å²) in [5.74, 6) is 1.63. The third-order valence-corrected chi connectivity index (χ3v) is 6.03. The fourth-order valence-electron chi connectivity index (χ4n) is 3.68. The Kier molecular flexibility index (Phi) is 7.74. The van der Waals surface area contributed by atoms with Crippen LogP contribution in [0.4, 0.5) is 0 Å². The number of allylic oxidation sites excluding steroid dienone is 2. The van der Waals surface area contributed by atoms with Gasteiger partial charge in [-0.2, -0.15) is 0 Å². The lowest BCUT2D eigenvalue weighted by atomic mass is 9.94. The molecule has 0 unspecified atom stereocenters. The van der Waals surface area contributed by atoms with Crippen LogP contribution in [0.3, 0.4) is 0 Å². The van der Waals surface area contributed by atoms with Gasteiger partial charge in [0.15, 0.2) is 0 Å². The van der Waals surface area contributed by atoms with E-state index in [1.54, 1.807) is 14.2 Å². The van der Waals surface area contributed by atoms with Gasteiger partial charge in [0.05, 0.1) is 14.2 Å². The average Bonchev–Trinajstić information content (AvgIpc) is 2.88. The van der Waals surface area contributed by atoms with Gasteiger partial charge in [-0.25, -0.2) is 0 Å². The fraction of sp³-hybridized carbons (Fsp3) is 0.0667. The molecule has 0 saturated carbocycles. The molecule has 4 aromatic rings. The minimum absolute atomic E-state index is 0.701. The molecule has 0 aliphatic rings. The van der Waals surface area contributed by atoms with Crippen molar-refractivity contribution in [3.8, 4) is 11.5 Å². The molecule has 0 fully saturated rings. The first kappa shape index (κ1) is 23.7. The molecule has 2 nitrogen and oxygen atoms in total. The first-order valence-electron chi connectivity index (χ1n) is 10.8. The number of benzene rings is 4. The molecule has 0 heterocycles. The third kappa shape index (κ3) is 5.72. The molecule has 0 aliphatic carbocycles. The molecule has 34 heavy (non-hydrogen) atoms. The highest BCUT2D eigenvalue weighted by molar-refractivity contribution is 6.31. The van der Waals surface area contributed by atoms with Crippen molar-refractivity contribution >= 4 is 34.3 Å². The standard InChI is InChI=1S/C30H24Cl2O2/c1-33-27-15-7-23(8-16-27)30(24-9-17-28(34-2)18-10-24)20-19-29(21-3-11-25(31)12-4-21)22-5-13-26(32)14-6-22/h3-20H,1-2H3. The summed E-state index contributed by atoms with van der Waals surface area (Å²) in [4.78, 5) is 0. The van der Waals surface area contributed by atoms with Gasteiger partial charge in [0.2, 0.25) is 0 Å². The Morgan fingerprint density at radius 3 is 1.00 bits per heavy atom. The average molecular weight is 487 g/mol. The Morgan fingerprint density at radius 1 is 0.471 bits per heavy atom. The molecule has 0 atom stereocenters. The van der Waals surface area contributed by atoms with Crippen molar-refractivity contribution in [1.82, 2.24) is 0 Å². The second-order valence-corrected chi connectivity index (χ2v) is 8.50. The van der Waals surface area contributed by atoms with E-state index in [4.69, 9.17) is 32.7 Å². The molecule has 0 saturated heterocycles. The SMILES string of the molecule is COc1ccc(C(=CC=C(c2ccc(Cl)cc2)c2ccc(Cl)cc2)c2ccc(OC)cc2)cc1. The normalized spacial score (nSPS) is 10.4. The van der Waals surface area contributed by atoms with Gasteiger partial charge in [0.25, 0.3) is 0 Å². The molecule has 4 rings (SSSR count). The third-order valence-electron chi connectivity index (χ3n) is 5.53. The van der Waals surface area contributed by atoms with Crippen LogP contribution in [0.5, 0.6) is 11.5 Å². The van der Waals surface area contributed by atoms with Gasteiger partial charge in [0, 0.05) is 10.0 Å². The lowest BCUT2D eigenvalue weighted by molar-refractivity contribution is 0.414. The minimum atomic E-state index is 0.701. The summed E-state index contributed by atoms with van der Waals surface area (Å²) in [6, 6.07) is 31.8. The van der Waals surface area contributed by atoms with E-state index in [1.165, 1.54) is 0 Å². The number of hydrogen-bond donors (Lipinski definition) is 0. The fourth-order valence-corrected chi connectivity index (χ4v) is 3.94. The number of halogens is 2. The highest BCUT2D eigenvalue weighted by Crippen LogP contribution is 2.30. The molecule has 170 valence electrons. The maximum Gasteiger partial charge on any atom is 0.118 e. The number of hydrogen-bond acceptors (Lipinski definition) is 2. The largest absolute Gasteiger partial charge is 0.497 e. The predicted molar refractivity (Wildman–Crippen MR) is 143 cm³/mol. The summed E-state index contributed by atoms with van der Waals surface area (Å²) < 4.78 is 10.7. The van der Waals surface area contributed by atoms with Crippen molar-refractivity contribution in [1.29, 1.82) is 0 Å². The van der Waals surface area contributed by atoms with Crippen molar-refractivity contribution in [2.24, 2.45) is 0 Å². The van der Waals surface area contributed by atoms with Crippen LogP contribution in [0.15, 0.2) is 109 Å². The van der Waals surface area contributed by atoms with Crippen LogP contribution in [0.2, 0.25) is 10.0 Å². The number of ether oxygens (including phenoxy) is 2. The predicted octanol–water partition coefficient (Wildman–Crippen LogP) is 8.57. The van der Waals surface area contributed by atoms with E-state index < -0.39 is 0 Å². The zero-order chi connectivity index (χ0) is 23.9. The van der Waals surface area contributed by atoms with Crippen LogP contribution in [-0.4, -0.2) is 14.2 Å². The lowest BCUT2D eigenvalue weighted by Crippen LogP contribution is -1.91. The summed E-state index contributed by atoms with van der Waals surface area (Å²) >= 11 is 12.3. The minimum Gasteiger partial charge on any atom is -0.497 e. The van der Waals surface area contributed by atoms with Gasteiger partial charge in [-0.15, -0.1) is 0 Å². The van der Waals surface area contributed by atoms with Crippen molar-refractivity contribution < 1.29 is 9.47 Å². The molecule has 4 aromatic carbocycles. The zero-order valence-corrected chi connectivity index (χ0v) is 20.5. The second-order valence-electron chi connectivity index (χ2n) is 7.63. The molecule has 0 aromatic heterocycles. The quantitative estimate of drug-likeness (QED) is 0.243. The summed E-state index contributed by atoms with van der Waals surface area (Å²) in [6.07, 6.45) is 4.28. The van der Waals surface area contributed by atoms with E-state index in [-0.39, 0.29) is 0 Å². The Bertz CT molecular complexity index is 1190. The summed E-state index contributed by atoms with van der Waals surface area (Å²) in [6.45, 7) is 0. The first-order valence-corrected chi connectivity index (χ1v) is 11.6. The van der Waals surface area contributed by atoms with Crippen LogP contribution in [0, 0.1) is 0 Å². The van der Waals surface area contributed by atoms with Gasteiger partial charge in [-0.05, 0) is 81.9 Å². The van der Waals surface area contributed by atoms with Crippen LogP contribution >= 0.6 is 23.2 Å². The molecule has 0 bridgehead atoms. The molecule has 0 radical (unpaired) electrons. The van der Waals surface area contributed by atoms with Crippen molar-refractivity contribution in [3.63, 3.8) is 0 Å². The van der Waals surface area contributed by atoms with Crippen LogP contribution < -0.4 is 9.47 Å². The monoisotopic (exact) mass is 486 g/mol. The molecule has 0 aliphatic heterocycles. The highest BCUT2D eigenvalue weighted by atomic mass is 35.5. The zero-order valence-electron chi connectivity index (χ0n) is 19.0. The number of rotatable bonds is 7. The lowest BCUT2D eigenvalue weighted by Gasteiger charge is -2.12. The Labute approximate surface area is 210 Å². The Balaban J connectivity index is 1.86. The molecular weight excluding hydrogens is 463 g/mol. The van der Waals surface area contributed by atoms with E-state index in [2.05, 4.69) is 36.4 Å². The topological polar surface area (TPSA) is 18.5 Å². The molecule has 0 amide bonds. The Hall–Kier alpha value is -3.46. The van der Waals surface area contributed by atoms with Crippen LogP contribution in [0.1, 0.15) is 22.3 Å². The smallest absolute Gasteiger partial charge is 0.118 e. The number of methoxy groups -OCH3 is 2. The maximum absolute atomic E-state index is 6.15.